The van der Waals surface area contributed by atoms with Gasteiger partial charge in [0.1, 0.15) is 5.56 Å². The summed E-state index contributed by atoms with van der Waals surface area (Å²) in [6, 6.07) is 1.43. The highest BCUT2D eigenvalue weighted by atomic mass is 16.2. The first-order chi connectivity index (χ1) is 10.3. The molecule has 0 saturated heterocycles. The first kappa shape index (κ1) is 16.4. The summed E-state index contributed by atoms with van der Waals surface area (Å²) in [7, 11) is 0. The van der Waals surface area contributed by atoms with Crippen LogP contribution < -0.4 is 16.6 Å². The second-order valence-corrected chi connectivity index (χ2v) is 6.60. The number of pyridine rings is 1. The number of ketones is 1. The molecule has 0 bridgehead atoms. The van der Waals surface area contributed by atoms with Crippen LogP contribution in [0.3, 0.4) is 0 Å². The molecule has 0 aliphatic heterocycles. The fourth-order valence-electron chi connectivity index (χ4n) is 2.76. The molecule has 6 nitrogen and oxygen atoms in total. The number of H-pyrrole nitrogens is 1. The van der Waals surface area contributed by atoms with Crippen molar-refractivity contribution >= 4 is 11.7 Å². The van der Waals surface area contributed by atoms with Gasteiger partial charge in [0.05, 0.1) is 0 Å². The average Bonchev–Trinajstić information content (AvgIpc) is 2.41. The molecule has 120 valence electrons. The number of fused-ring (bicyclic) bond motifs is 1. The maximum absolute atomic E-state index is 12.2. The van der Waals surface area contributed by atoms with Gasteiger partial charge in [-0.15, -0.1) is 0 Å². The van der Waals surface area contributed by atoms with Crippen LogP contribution in [0.25, 0.3) is 0 Å². The summed E-state index contributed by atoms with van der Waals surface area (Å²) in [5.74, 6) is -0.474. The number of hydrogen-bond acceptors (Lipinski definition) is 4. The minimum absolute atomic E-state index is 0.000412. The van der Waals surface area contributed by atoms with E-state index in [2.05, 4.69) is 10.3 Å². The van der Waals surface area contributed by atoms with E-state index < -0.39 is 11.5 Å². The number of nitrogens with one attached hydrogen (secondary N) is 2. The van der Waals surface area contributed by atoms with Crippen LogP contribution in [0.5, 0.6) is 0 Å². The molecule has 0 saturated carbocycles. The number of rotatable bonds is 5. The van der Waals surface area contributed by atoms with Crippen molar-refractivity contribution in [2.75, 3.05) is 13.1 Å². The fourth-order valence-corrected chi connectivity index (χ4v) is 2.76. The largest absolute Gasteiger partial charge is 0.352 e. The van der Waals surface area contributed by atoms with Gasteiger partial charge in [-0.1, -0.05) is 13.8 Å². The quantitative estimate of drug-likeness (QED) is 0.706. The van der Waals surface area contributed by atoms with Crippen molar-refractivity contribution in [1.29, 1.82) is 0 Å². The Bertz CT molecular complexity index is 647. The van der Waals surface area contributed by atoms with Crippen LogP contribution in [0, 0.1) is 5.41 Å². The van der Waals surface area contributed by atoms with Crippen LogP contribution in [0.4, 0.5) is 0 Å². The number of aromatic nitrogens is 1. The van der Waals surface area contributed by atoms with Gasteiger partial charge in [-0.3, -0.25) is 14.4 Å². The van der Waals surface area contributed by atoms with Crippen LogP contribution in [-0.2, 0) is 6.42 Å². The summed E-state index contributed by atoms with van der Waals surface area (Å²) in [5.41, 5.74) is 5.87. The number of Topliss-reactive ketones (excluding diaryl/α,β-unsaturated/α-hetero) is 1. The molecular formula is C16H23N3O3. The fraction of sp³-hybridized carbons (Fsp3) is 0.562. The predicted octanol–water partition coefficient (Wildman–Crippen LogP) is 0.999. The molecule has 0 unspecified atom stereocenters. The molecule has 0 fully saturated rings. The highest BCUT2D eigenvalue weighted by Crippen LogP contribution is 2.33. The first-order valence-corrected chi connectivity index (χ1v) is 7.62. The van der Waals surface area contributed by atoms with Crippen molar-refractivity contribution < 1.29 is 9.59 Å². The van der Waals surface area contributed by atoms with Gasteiger partial charge in [0.2, 0.25) is 0 Å². The maximum Gasteiger partial charge on any atom is 0.261 e. The molecular weight excluding hydrogens is 282 g/mol. The molecule has 0 atom stereocenters. The number of unbranched alkanes of at least 4 members (excludes halogenated alkanes) is 1. The molecule has 0 radical (unpaired) electrons. The summed E-state index contributed by atoms with van der Waals surface area (Å²) < 4.78 is 0. The minimum Gasteiger partial charge on any atom is -0.352 e. The smallest absolute Gasteiger partial charge is 0.261 e. The van der Waals surface area contributed by atoms with Crippen molar-refractivity contribution in [1.82, 2.24) is 10.3 Å². The Labute approximate surface area is 129 Å². The third-order valence-electron chi connectivity index (χ3n) is 3.88. The molecule has 1 aromatic rings. The second kappa shape index (κ2) is 6.44. The van der Waals surface area contributed by atoms with Gasteiger partial charge in [-0.2, -0.15) is 0 Å². The standard InChI is InChI=1S/C16H23N3O3/c1-16(2)8-12-10(13(20)9-16)7-11(15(22)19-12)14(21)18-6-4-3-5-17/h7H,3-6,8-9,17H2,1-2H3,(H,18,21)(H,19,22). The average molecular weight is 305 g/mol. The molecule has 1 aliphatic rings. The van der Waals surface area contributed by atoms with Gasteiger partial charge >= 0.3 is 0 Å². The molecule has 0 spiro atoms. The van der Waals surface area contributed by atoms with E-state index in [1.807, 2.05) is 13.8 Å². The molecule has 1 amide bonds. The van der Waals surface area contributed by atoms with E-state index in [0.29, 0.717) is 37.2 Å². The predicted molar refractivity (Wildman–Crippen MR) is 84.1 cm³/mol. The first-order valence-electron chi connectivity index (χ1n) is 7.62. The zero-order valence-corrected chi connectivity index (χ0v) is 13.1. The number of carbonyl (C=O) groups is 2. The van der Waals surface area contributed by atoms with Crippen molar-refractivity contribution in [3.8, 4) is 0 Å². The lowest BCUT2D eigenvalue weighted by Gasteiger charge is -2.29. The number of nitrogens with two attached hydrogens (primary N) is 1. The van der Waals surface area contributed by atoms with E-state index in [9.17, 15) is 14.4 Å². The maximum atomic E-state index is 12.2. The van der Waals surface area contributed by atoms with Gasteiger partial charge < -0.3 is 16.0 Å². The van der Waals surface area contributed by atoms with Gasteiger partial charge in [-0.25, -0.2) is 0 Å². The number of carbonyl (C=O) groups excluding carboxylic acids is 2. The number of amides is 1. The van der Waals surface area contributed by atoms with E-state index in [1.165, 1.54) is 6.07 Å². The van der Waals surface area contributed by atoms with Crippen LogP contribution >= 0.6 is 0 Å². The van der Waals surface area contributed by atoms with Crippen LogP contribution in [-0.4, -0.2) is 29.8 Å². The monoisotopic (exact) mass is 305 g/mol. The zero-order valence-electron chi connectivity index (χ0n) is 13.1. The molecule has 2 rings (SSSR count). The van der Waals surface area contributed by atoms with Crippen LogP contribution in [0.2, 0.25) is 0 Å². The number of hydrogen-bond donors (Lipinski definition) is 3. The minimum atomic E-state index is -0.446. The van der Waals surface area contributed by atoms with Gasteiger partial charge in [0, 0.05) is 24.2 Å². The Hall–Kier alpha value is -1.95. The van der Waals surface area contributed by atoms with E-state index >= 15 is 0 Å². The Balaban J connectivity index is 2.22. The SMILES string of the molecule is CC1(C)CC(=O)c2cc(C(=O)NCCCCN)c(=O)[nH]c2C1. The van der Waals surface area contributed by atoms with Crippen molar-refractivity contribution in [2.24, 2.45) is 11.1 Å². The van der Waals surface area contributed by atoms with E-state index in [0.717, 1.165) is 12.8 Å². The van der Waals surface area contributed by atoms with Crippen molar-refractivity contribution in [3.63, 3.8) is 0 Å². The van der Waals surface area contributed by atoms with Crippen molar-refractivity contribution in [3.05, 3.63) is 33.2 Å². The summed E-state index contributed by atoms with van der Waals surface area (Å²) in [5, 5.41) is 2.69. The normalized spacial score (nSPS) is 16.2. The molecule has 1 aliphatic carbocycles. The van der Waals surface area contributed by atoms with Crippen molar-refractivity contribution in [2.45, 2.75) is 39.5 Å². The van der Waals surface area contributed by atoms with E-state index in [-0.39, 0.29) is 16.8 Å². The topological polar surface area (TPSA) is 105 Å². The Morgan fingerprint density at radius 3 is 2.73 bits per heavy atom. The highest BCUT2D eigenvalue weighted by molar-refractivity contribution is 6.02. The third-order valence-corrected chi connectivity index (χ3v) is 3.88. The molecule has 4 N–H and O–H groups in total. The van der Waals surface area contributed by atoms with E-state index in [1.54, 1.807) is 0 Å². The zero-order chi connectivity index (χ0) is 16.3. The Morgan fingerprint density at radius 2 is 2.05 bits per heavy atom. The Kier molecular flexibility index (Phi) is 4.81. The van der Waals surface area contributed by atoms with Crippen LogP contribution in [0.15, 0.2) is 10.9 Å². The molecule has 22 heavy (non-hydrogen) atoms. The Morgan fingerprint density at radius 1 is 1.32 bits per heavy atom. The lowest BCUT2D eigenvalue weighted by atomic mass is 9.75. The van der Waals surface area contributed by atoms with E-state index in [4.69, 9.17) is 5.73 Å². The summed E-state index contributed by atoms with van der Waals surface area (Å²) in [6.07, 6.45) is 2.62. The van der Waals surface area contributed by atoms with Gasteiger partial charge in [-0.05, 0) is 37.3 Å². The molecule has 1 aromatic heterocycles. The number of aromatic amines is 1. The van der Waals surface area contributed by atoms with Gasteiger partial charge in [0.25, 0.3) is 11.5 Å². The second-order valence-electron chi connectivity index (χ2n) is 6.60. The summed E-state index contributed by atoms with van der Waals surface area (Å²) in [4.78, 5) is 39.1. The summed E-state index contributed by atoms with van der Waals surface area (Å²) >= 11 is 0. The molecule has 0 aromatic carbocycles. The lowest BCUT2D eigenvalue weighted by Crippen LogP contribution is -2.35. The van der Waals surface area contributed by atoms with Gasteiger partial charge in [0.15, 0.2) is 5.78 Å². The summed E-state index contributed by atoms with van der Waals surface area (Å²) in [6.45, 7) is 5.02. The molecule has 1 heterocycles. The third kappa shape index (κ3) is 3.62. The van der Waals surface area contributed by atoms with Crippen LogP contribution in [0.1, 0.15) is 59.5 Å². The lowest BCUT2D eigenvalue weighted by molar-refractivity contribution is 0.0910. The molecule has 6 heteroatoms. The highest BCUT2D eigenvalue weighted by Gasteiger charge is 2.32.